The molecule has 4 nitrogen and oxygen atoms in total. The highest BCUT2D eigenvalue weighted by Crippen LogP contribution is 2.23. The summed E-state index contributed by atoms with van der Waals surface area (Å²) in [4.78, 5) is 24.8. The molecule has 1 aliphatic rings. The minimum absolute atomic E-state index is 0.136. The summed E-state index contributed by atoms with van der Waals surface area (Å²) < 4.78 is 0. The summed E-state index contributed by atoms with van der Waals surface area (Å²) in [6, 6.07) is 10.2. The largest absolute Gasteiger partial charge is 0.481 e. The predicted octanol–water partition coefficient (Wildman–Crippen LogP) is 1.94. The maximum absolute atomic E-state index is 12.1. The minimum Gasteiger partial charge on any atom is -0.481 e. The van der Waals surface area contributed by atoms with Gasteiger partial charge < -0.3 is 10.0 Å². The molecule has 0 aliphatic carbocycles. The first kappa shape index (κ1) is 13.6. The third-order valence-corrected chi connectivity index (χ3v) is 3.72. The van der Waals surface area contributed by atoms with Gasteiger partial charge in [0.05, 0.1) is 0 Å². The number of carbonyl (C=O) groups excluding carboxylic acids is 1. The quantitative estimate of drug-likeness (QED) is 0.843. The van der Waals surface area contributed by atoms with Crippen molar-refractivity contribution in [2.24, 2.45) is 5.92 Å². The molecule has 1 amide bonds. The number of carboxylic acid groups (broad SMARTS) is 1. The molecule has 102 valence electrons. The summed E-state index contributed by atoms with van der Waals surface area (Å²) in [5, 5.41) is 8.94. The SMILES string of the molecule is CC(C(=O)O)C(=O)N1CCCC1Cc1ccccc1. The van der Waals surface area contributed by atoms with E-state index in [9.17, 15) is 9.59 Å². The number of rotatable bonds is 4. The van der Waals surface area contributed by atoms with E-state index in [0.717, 1.165) is 19.3 Å². The lowest BCUT2D eigenvalue weighted by molar-refractivity contribution is -0.150. The molecule has 0 saturated carbocycles. The van der Waals surface area contributed by atoms with Crippen LogP contribution in [0.5, 0.6) is 0 Å². The Labute approximate surface area is 113 Å². The van der Waals surface area contributed by atoms with Crippen molar-refractivity contribution < 1.29 is 14.7 Å². The maximum atomic E-state index is 12.1. The lowest BCUT2D eigenvalue weighted by Gasteiger charge is -2.26. The monoisotopic (exact) mass is 261 g/mol. The average Bonchev–Trinajstić information content (AvgIpc) is 2.86. The molecule has 1 aromatic carbocycles. The maximum Gasteiger partial charge on any atom is 0.315 e. The first-order valence-corrected chi connectivity index (χ1v) is 6.67. The Balaban J connectivity index is 2.05. The third kappa shape index (κ3) is 3.13. The number of aliphatic carboxylic acids is 1. The van der Waals surface area contributed by atoms with Crippen molar-refractivity contribution in [3.8, 4) is 0 Å². The van der Waals surface area contributed by atoms with E-state index < -0.39 is 11.9 Å². The Morgan fingerprint density at radius 3 is 2.68 bits per heavy atom. The Kier molecular flexibility index (Phi) is 4.20. The molecule has 0 aromatic heterocycles. The van der Waals surface area contributed by atoms with E-state index in [0.29, 0.717) is 6.54 Å². The van der Waals surface area contributed by atoms with Gasteiger partial charge in [-0.2, -0.15) is 0 Å². The van der Waals surface area contributed by atoms with Crippen LogP contribution in [0.25, 0.3) is 0 Å². The molecule has 1 aliphatic heterocycles. The van der Waals surface area contributed by atoms with Crippen molar-refractivity contribution in [3.05, 3.63) is 35.9 Å². The van der Waals surface area contributed by atoms with Gasteiger partial charge in [0.15, 0.2) is 0 Å². The van der Waals surface area contributed by atoms with Crippen LogP contribution >= 0.6 is 0 Å². The van der Waals surface area contributed by atoms with Crippen LogP contribution < -0.4 is 0 Å². The summed E-state index contributed by atoms with van der Waals surface area (Å²) in [5.41, 5.74) is 1.19. The number of carbonyl (C=O) groups is 2. The molecular weight excluding hydrogens is 242 g/mol. The molecule has 0 spiro atoms. The van der Waals surface area contributed by atoms with E-state index in [2.05, 4.69) is 0 Å². The minimum atomic E-state index is -1.05. The highest BCUT2D eigenvalue weighted by Gasteiger charge is 2.33. The molecule has 2 atom stereocenters. The number of hydrogen-bond donors (Lipinski definition) is 1. The zero-order chi connectivity index (χ0) is 13.8. The first-order valence-electron chi connectivity index (χ1n) is 6.67. The van der Waals surface area contributed by atoms with Gasteiger partial charge in [-0.15, -0.1) is 0 Å². The van der Waals surface area contributed by atoms with Crippen LogP contribution in [0.2, 0.25) is 0 Å². The average molecular weight is 261 g/mol. The molecule has 0 radical (unpaired) electrons. The van der Waals surface area contributed by atoms with Crippen LogP contribution in [-0.2, 0) is 16.0 Å². The Hall–Kier alpha value is -1.84. The van der Waals surface area contributed by atoms with Crippen LogP contribution in [0.3, 0.4) is 0 Å². The van der Waals surface area contributed by atoms with E-state index >= 15 is 0 Å². The second-order valence-electron chi connectivity index (χ2n) is 5.08. The second-order valence-corrected chi connectivity index (χ2v) is 5.08. The topological polar surface area (TPSA) is 57.6 Å². The van der Waals surface area contributed by atoms with E-state index in [-0.39, 0.29) is 11.9 Å². The zero-order valence-corrected chi connectivity index (χ0v) is 11.1. The van der Waals surface area contributed by atoms with Gasteiger partial charge in [0.1, 0.15) is 5.92 Å². The molecule has 1 saturated heterocycles. The van der Waals surface area contributed by atoms with Crippen LogP contribution in [0, 0.1) is 5.92 Å². The van der Waals surface area contributed by atoms with Gasteiger partial charge in [0.25, 0.3) is 0 Å². The van der Waals surface area contributed by atoms with Crippen LogP contribution in [0.4, 0.5) is 0 Å². The van der Waals surface area contributed by atoms with Gasteiger partial charge in [-0.25, -0.2) is 0 Å². The van der Waals surface area contributed by atoms with Crippen molar-refractivity contribution in [2.75, 3.05) is 6.54 Å². The van der Waals surface area contributed by atoms with Gasteiger partial charge >= 0.3 is 5.97 Å². The van der Waals surface area contributed by atoms with Crippen molar-refractivity contribution in [3.63, 3.8) is 0 Å². The van der Waals surface area contributed by atoms with Crippen molar-refractivity contribution >= 4 is 11.9 Å². The fraction of sp³-hybridized carbons (Fsp3) is 0.467. The standard InChI is InChI=1S/C15H19NO3/c1-11(15(18)19)14(17)16-9-5-8-13(16)10-12-6-3-2-4-7-12/h2-4,6-7,11,13H,5,8-10H2,1H3,(H,18,19). The fourth-order valence-corrected chi connectivity index (χ4v) is 2.58. The van der Waals surface area contributed by atoms with Crippen molar-refractivity contribution in [2.45, 2.75) is 32.2 Å². The fourth-order valence-electron chi connectivity index (χ4n) is 2.58. The highest BCUT2D eigenvalue weighted by atomic mass is 16.4. The molecule has 0 bridgehead atoms. The van der Waals surface area contributed by atoms with E-state index in [1.807, 2.05) is 30.3 Å². The smallest absolute Gasteiger partial charge is 0.315 e. The lowest BCUT2D eigenvalue weighted by Crippen LogP contribution is -2.42. The van der Waals surface area contributed by atoms with Crippen LogP contribution in [0.15, 0.2) is 30.3 Å². The first-order chi connectivity index (χ1) is 9.09. The van der Waals surface area contributed by atoms with E-state index in [4.69, 9.17) is 5.11 Å². The molecule has 1 N–H and O–H groups in total. The number of benzene rings is 1. The van der Waals surface area contributed by atoms with Gasteiger partial charge in [0.2, 0.25) is 5.91 Å². The number of carboxylic acids is 1. The lowest BCUT2D eigenvalue weighted by atomic mass is 10.0. The molecule has 4 heteroatoms. The van der Waals surface area contributed by atoms with Gasteiger partial charge in [-0.05, 0) is 31.7 Å². The van der Waals surface area contributed by atoms with Crippen LogP contribution in [0.1, 0.15) is 25.3 Å². The third-order valence-electron chi connectivity index (χ3n) is 3.72. The molecular formula is C15H19NO3. The molecule has 19 heavy (non-hydrogen) atoms. The molecule has 1 heterocycles. The predicted molar refractivity (Wildman–Crippen MR) is 71.7 cm³/mol. The highest BCUT2D eigenvalue weighted by molar-refractivity contribution is 5.96. The number of amides is 1. The Morgan fingerprint density at radius 2 is 2.05 bits per heavy atom. The number of nitrogens with zero attached hydrogens (tertiary/aromatic N) is 1. The molecule has 2 rings (SSSR count). The number of hydrogen-bond acceptors (Lipinski definition) is 2. The second kappa shape index (κ2) is 5.87. The van der Waals surface area contributed by atoms with Gasteiger partial charge in [-0.3, -0.25) is 9.59 Å². The zero-order valence-electron chi connectivity index (χ0n) is 11.1. The van der Waals surface area contributed by atoms with Crippen molar-refractivity contribution in [1.82, 2.24) is 4.90 Å². The van der Waals surface area contributed by atoms with Crippen LogP contribution in [-0.4, -0.2) is 34.5 Å². The normalized spacial score (nSPS) is 20.3. The molecule has 2 unspecified atom stereocenters. The summed E-state index contributed by atoms with van der Waals surface area (Å²) >= 11 is 0. The summed E-state index contributed by atoms with van der Waals surface area (Å²) in [5.74, 6) is -2.25. The summed E-state index contributed by atoms with van der Waals surface area (Å²) in [6.45, 7) is 2.14. The summed E-state index contributed by atoms with van der Waals surface area (Å²) in [7, 11) is 0. The van der Waals surface area contributed by atoms with E-state index in [1.165, 1.54) is 12.5 Å². The van der Waals surface area contributed by atoms with E-state index in [1.54, 1.807) is 4.90 Å². The summed E-state index contributed by atoms with van der Waals surface area (Å²) in [6.07, 6.45) is 2.71. The Morgan fingerprint density at radius 1 is 1.37 bits per heavy atom. The van der Waals surface area contributed by atoms with Gasteiger partial charge in [0, 0.05) is 12.6 Å². The molecule has 1 aromatic rings. The Bertz CT molecular complexity index is 458. The number of likely N-dealkylation sites (tertiary alicyclic amines) is 1. The van der Waals surface area contributed by atoms with Gasteiger partial charge in [-0.1, -0.05) is 30.3 Å². The van der Waals surface area contributed by atoms with Crippen molar-refractivity contribution in [1.29, 1.82) is 0 Å². The molecule has 1 fully saturated rings.